The van der Waals surface area contributed by atoms with Crippen molar-refractivity contribution in [3.63, 3.8) is 0 Å². The van der Waals surface area contributed by atoms with Crippen LogP contribution in [-0.4, -0.2) is 34.0 Å². The van der Waals surface area contributed by atoms with Gasteiger partial charge in [0.15, 0.2) is 0 Å². The van der Waals surface area contributed by atoms with Crippen LogP contribution in [0.4, 0.5) is 0 Å². The van der Waals surface area contributed by atoms with Crippen LogP contribution in [0.3, 0.4) is 0 Å². The number of carbonyl (C=O) groups is 1. The topological polar surface area (TPSA) is 47.4 Å². The molecule has 4 rings (SSSR count). The molecular formula is C26H33N3O2. The van der Waals surface area contributed by atoms with Crippen molar-refractivity contribution in [1.29, 1.82) is 0 Å². The van der Waals surface area contributed by atoms with Crippen molar-refractivity contribution in [2.45, 2.75) is 58.5 Å². The van der Waals surface area contributed by atoms with Gasteiger partial charge in [-0.25, -0.2) is 4.98 Å². The number of para-hydroxylation sites is 2. The summed E-state index contributed by atoms with van der Waals surface area (Å²) in [6.45, 7) is 5.50. The molecule has 5 heteroatoms. The average Bonchev–Trinajstić information content (AvgIpc) is 3.16. The Morgan fingerprint density at radius 3 is 2.65 bits per heavy atom. The molecule has 0 atom stereocenters. The van der Waals surface area contributed by atoms with Crippen LogP contribution < -0.4 is 4.74 Å². The lowest BCUT2D eigenvalue weighted by Crippen LogP contribution is -2.35. The minimum absolute atomic E-state index is 0.0230. The number of rotatable bonds is 7. The van der Waals surface area contributed by atoms with Crippen LogP contribution in [0.1, 0.15) is 68.2 Å². The molecule has 1 aliphatic carbocycles. The van der Waals surface area contributed by atoms with Gasteiger partial charge in [-0.2, -0.15) is 0 Å². The van der Waals surface area contributed by atoms with E-state index in [-0.39, 0.29) is 5.91 Å². The molecule has 0 aliphatic heterocycles. The zero-order valence-corrected chi connectivity index (χ0v) is 18.9. The lowest BCUT2D eigenvalue weighted by molar-refractivity contribution is 0.0714. The number of amides is 1. The van der Waals surface area contributed by atoms with Gasteiger partial charge in [-0.05, 0) is 49.1 Å². The molecule has 3 aromatic rings. The second-order valence-electron chi connectivity index (χ2n) is 8.99. The van der Waals surface area contributed by atoms with Crippen LogP contribution in [0, 0.1) is 5.92 Å². The molecule has 0 radical (unpaired) electrons. The number of hydrogen-bond donors (Lipinski definition) is 0. The summed E-state index contributed by atoms with van der Waals surface area (Å²) in [7, 11) is 1.63. The number of carbonyl (C=O) groups excluding carboxylic acids is 1. The van der Waals surface area contributed by atoms with Crippen LogP contribution >= 0.6 is 0 Å². The highest BCUT2D eigenvalue weighted by atomic mass is 16.5. The molecule has 1 fully saturated rings. The summed E-state index contributed by atoms with van der Waals surface area (Å²) < 4.78 is 7.75. The van der Waals surface area contributed by atoms with Crippen LogP contribution in [0.15, 0.2) is 48.5 Å². The van der Waals surface area contributed by atoms with Gasteiger partial charge in [0.05, 0.1) is 24.7 Å². The minimum Gasteiger partial charge on any atom is -0.497 e. The van der Waals surface area contributed by atoms with Crippen molar-refractivity contribution in [2.24, 2.45) is 5.92 Å². The Morgan fingerprint density at radius 1 is 1.13 bits per heavy atom. The highest BCUT2D eigenvalue weighted by Crippen LogP contribution is 2.33. The third kappa shape index (κ3) is 4.76. The number of ether oxygens (including phenoxy) is 1. The molecule has 0 bridgehead atoms. The van der Waals surface area contributed by atoms with Crippen molar-refractivity contribution in [3.8, 4) is 5.75 Å². The van der Waals surface area contributed by atoms with Gasteiger partial charge in [-0.3, -0.25) is 4.79 Å². The van der Waals surface area contributed by atoms with Crippen LogP contribution in [-0.2, 0) is 6.54 Å². The Bertz CT molecular complexity index is 1030. The maximum absolute atomic E-state index is 13.5. The maximum atomic E-state index is 13.5. The molecular weight excluding hydrogens is 386 g/mol. The van der Waals surface area contributed by atoms with E-state index in [0.29, 0.717) is 36.4 Å². The van der Waals surface area contributed by atoms with Crippen LogP contribution in [0.25, 0.3) is 11.0 Å². The van der Waals surface area contributed by atoms with E-state index in [1.807, 2.05) is 35.2 Å². The summed E-state index contributed by atoms with van der Waals surface area (Å²) in [4.78, 5) is 20.4. The largest absolute Gasteiger partial charge is 0.497 e. The number of hydrogen-bond acceptors (Lipinski definition) is 3. The van der Waals surface area contributed by atoms with Gasteiger partial charge in [-0.15, -0.1) is 0 Å². The van der Waals surface area contributed by atoms with E-state index in [4.69, 9.17) is 9.72 Å². The van der Waals surface area contributed by atoms with Crippen molar-refractivity contribution < 1.29 is 9.53 Å². The Kier molecular flexibility index (Phi) is 6.59. The monoisotopic (exact) mass is 419 g/mol. The van der Waals surface area contributed by atoms with Gasteiger partial charge in [0.1, 0.15) is 11.6 Å². The maximum Gasteiger partial charge on any atom is 0.254 e. The van der Waals surface area contributed by atoms with Gasteiger partial charge in [0.25, 0.3) is 5.91 Å². The predicted octanol–water partition coefficient (Wildman–Crippen LogP) is 5.85. The normalized spacial score (nSPS) is 14.8. The fourth-order valence-electron chi connectivity index (χ4n) is 4.72. The fourth-order valence-corrected chi connectivity index (χ4v) is 4.72. The van der Waals surface area contributed by atoms with Gasteiger partial charge in [-0.1, -0.05) is 51.3 Å². The first kappa shape index (κ1) is 21.4. The third-order valence-corrected chi connectivity index (χ3v) is 6.13. The van der Waals surface area contributed by atoms with Crippen LogP contribution in [0.2, 0.25) is 0 Å². The van der Waals surface area contributed by atoms with E-state index in [9.17, 15) is 4.79 Å². The molecule has 1 aliphatic rings. The summed E-state index contributed by atoms with van der Waals surface area (Å²) in [6, 6.07) is 16.2. The van der Waals surface area contributed by atoms with Crippen molar-refractivity contribution in [2.75, 3.05) is 13.7 Å². The summed E-state index contributed by atoms with van der Waals surface area (Å²) in [5.74, 6) is 2.08. The number of methoxy groups -OCH3 is 1. The molecule has 1 aromatic heterocycles. The highest BCUT2D eigenvalue weighted by molar-refractivity contribution is 5.94. The van der Waals surface area contributed by atoms with E-state index in [2.05, 4.69) is 36.6 Å². The zero-order valence-electron chi connectivity index (χ0n) is 18.9. The van der Waals surface area contributed by atoms with Gasteiger partial charge >= 0.3 is 0 Å². The second kappa shape index (κ2) is 9.54. The van der Waals surface area contributed by atoms with Crippen molar-refractivity contribution in [1.82, 2.24) is 14.5 Å². The molecule has 0 N–H and O–H groups in total. The standard InChI is InChI=1S/C26H33N3O2/c1-19(2)17-28(26(30)20-10-9-13-22(16-20)31-3)18-25-27-23-14-7-8-15-24(23)29(25)21-11-5-4-6-12-21/h7-10,13-16,19,21H,4-6,11-12,17-18H2,1-3H3. The molecule has 0 spiro atoms. The molecule has 0 saturated heterocycles. The summed E-state index contributed by atoms with van der Waals surface area (Å²) >= 11 is 0. The quantitative estimate of drug-likeness (QED) is 0.483. The number of aromatic nitrogens is 2. The Balaban J connectivity index is 1.70. The minimum atomic E-state index is 0.0230. The molecule has 1 heterocycles. The smallest absolute Gasteiger partial charge is 0.254 e. The Morgan fingerprint density at radius 2 is 1.90 bits per heavy atom. The number of fused-ring (bicyclic) bond motifs is 1. The van der Waals surface area contributed by atoms with Crippen molar-refractivity contribution >= 4 is 16.9 Å². The van der Waals surface area contributed by atoms with Gasteiger partial charge < -0.3 is 14.2 Å². The molecule has 5 nitrogen and oxygen atoms in total. The highest BCUT2D eigenvalue weighted by Gasteiger charge is 2.25. The van der Waals surface area contributed by atoms with Crippen LogP contribution in [0.5, 0.6) is 5.75 Å². The predicted molar refractivity (Wildman–Crippen MR) is 124 cm³/mol. The third-order valence-electron chi connectivity index (χ3n) is 6.13. The number of imidazole rings is 1. The molecule has 1 saturated carbocycles. The van der Waals surface area contributed by atoms with E-state index in [1.165, 1.54) is 37.6 Å². The van der Waals surface area contributed by atoms with Gasteiger partial charge in [0.2, 0.25) is 0 Å². The first-order valence-corrected chi connectivity index (χ1v) is 11.5. The van der Waals surface area contributed by atoms with E-state index < -0.39 is 0 Å². The van der Waals surface area contributed by atoms with E-state index in [1.54, 1.807) is 7.11 Å². The van der Waals surface area contributed by atoms with Gasteiger partial charge in [0, 0.05) is 18.2 Å². The molecule has 31 heavy (non-hydrogen) atoms. The van der Waals surface area contributed by atoms with Crippen molar-refractivity contribution in [3.05, 3.63) is 59.9 Å². The lowest BCUT2D eigenvalue weighted by atomic mass is 9.95. The number of benzene rings is 2. The first-order valence-electron chi connectivity index (χ1n) is 11.5. The number of nitrogens with zero attached hydrogens (tertiary/aromatic N) is 3. The molecule has 1 amide bonds. The molecule has 164 valence electrons. The molecule has 2 aromatic carbocycles. The summed E-state index contributed by atoms with van der Waals surface area (Å²) in [6.07, 6.45) is 6.19. The second-order valence-corrected chi connectivity index (χ2v) is 8.99. The first-order chi connectivity index (χ1) is 15.1. The average molecular weight is 420 g/mol. The fraction of sp³-hybridized carbons (Fsp3) is 0.462. The summed E-state index contributed by atoms with van der Waals surface area (Å²) in [5, 5.41) is 0. The zero-order chi connectivity index (χ0) is 21.8. The molecule has 0 unspecified atom stereocenters. The SMILES string of the molecule is COc1cccc(C(=O)N(Cc2nc3ccccc3n2C2CCCCC2)CC(C)C)c1. The Labute approximate surface area is 185 Å². The summed E-state index contributed by atoms with van der Waals surface area (Å²) in [5.41, 5.74) is 2.85. The lowest BCUT2D eigenvalue weighted by Gasteiger charge is -2.29. The van der Waals surface area contributed by atoms with E-state index in [0.717, 1.165) is 11.3 Å². The van der Waals surface area contributed by atoms with E-state index >= 15 is 0 Å². The Hall–Kier alpha value is -2.82.